The fourth-order valence-electron chi connectivity index (χ4n) is 3.31. The highest BCUT2D eigenvalue weighted by Gasteiger charge is 2.15. The third kappa shape index (κ3) is 7.80. The Morgan fingerprint density at radius 3 is 1.78 bits per heavy atom. The van der Waals surface area contributed by atoms with E-state index in [9.17, 15) is 9.59 Å². The van der Waals surface area contributed by atoms with Gasteiger partial charge in [0, 0.05) is 0 Å². The van der Waals surface area contributed by atoms with E-state index in [0.717, 1.165) is 11.1 Å². The Labute approximate surface area is 213 Å². The summed E-state index contributed by atoms with van der Waals surface area (Å²) in [5.74, 6) is 0.260. The zero-order chi connectivity index (χ0) is 26.3. The van der Waals surface area contributed by atoms with Gasteiger partial charge in [-0.1, -0.05) is 65.8 Å². The van der Waals surface area contributed by atoms with Crippen LogP contribution in [0.15, 0.2) is 77.9 Å². The van der Waals surface area contributed by atoms with Gasteiger partial charge in [-0.3, -0.25) is 4.79 Å². The van der Waals surface area contributed by atoms with E-state index in [2.05, 4.69) is 52.1 Å². The molecule has 0 aromatic heterocycles. The van der Waals surface area contributed by atoms with E-state index < -0.39 is 5.97 Å². The number of rotatable bonds is 7. The van der Waals surface area contributed by atoms with Gasteiger partial charge in [0.2, 0.25) is 0 Å². The molecule has 0 aliphatic heterocycles. The summed E-state index contributed by atoms with van der Waals surface area (Å²) in [6.07, 6.45) is 1.51. The minimum Gasteiger partial charge on any atom is -0.484 e. The summed E-state index contributed by atoms with van der Waals surface area (Å²) in [7, 11) is 0. The standard InChI is InChI=1S/C30H34N2O4/c1-29(2,3)23-11-9-22(10-12-23)28(34)36-26-15-7-21(8-16-26)19-31-32-27(33)20-35-25-17-13-24(14-18-25)30(4,5)6/h7-19H,20H2,1-6H3,(H,32,33). The van der Waals surface area contributed by atoms with Crippen molar-refractivity contribution in [2.75, 3.05) is 6.61 Å². The first-order chi connectivity index (χ1) is 16.9. The number of esters is 1. The van der Waals surface area contributed by atoms with Crippen molar-refractivity contribution in [3.8, 4) is 11.5 Å². The molecule has 1 N–H and O–H groups in total. The van der Waals surface area contributed by atoms with E-state index in [-0.39, 0.29) is 23.3 Å². The van der Waals surface area contributed by atoms with Crippen LogP contribution in [0.3, 0.4) is 0 Å². The van der Waals surface area contributed by atoms with Crippen LogP contribution in [0.5, 0.6) is 11.5 Å². The molecule has 0 bridgehead atoms. The number of carbonyl (C=O) groups excluding carboxylic acids is 2. The molecule has 0 atom stereocenters. The maximum Gasteiger partial charge on any atom is 0.343 e. The highest BCUT2D eigenvalue weighted by Crippen LogP contribution is 2.24. The van der Waals surface area contributed by atoms with Crippen LogP contribution >= 0.6 is 0 Å². The molecule has 0 aliphatic rings. The van der Waals surface area contributed by atoms with Gasteiger partial charge in [-0.15, -0.1) is 0 Å². The van der Waals surface area contributed by atoms with Crippen molar-refractivity contribution in [2.45, 2.75) is 52.4 Å². The van der Waals surface area contributed by atoms with Crippen molar-refractivity contribution in [3.63, 3.8) is 0 Å². The fourth-order valence-corrected chi connectivity index (χ4v) is 3.31. The monoisotopic (exact) mass is 486 g/mol. The Morgan fingerprint density at radius 1 is 0.750 bits per heavy atom. The van der Waals surface area contributed by atoms with Crippen molar-refractivity contribution >= 4 is 18.1 Å². The SMILES string of the molecule is CC(C)(C)c1ccc(OCC(=O)NN=Cc2ccc(OC(=O)c3ccc(C(C)(C)C)cc3)cc2)cc1. The lowest BCUT2D eigenvalue weighted by molar-refractivity contribution is -0.123. The van der Waals surface area contributed by atoms with Crippen molar-refractivity contribution in [1.29, 1.82) is 0 Å². The van der Waals surface area contributed by atoms with Crippen molar-refractivity contribution in [3.05, 3.63) is 95.1 Å². The van der Waals surface area contributed by atoms with Gasteiger partial charge < -0.3 is 9.47 Å². The predicted octanol–water partition coefficient (Wildman–Crippen LogP) is 6.03. The molecular weight excluding hydrogens is 452 g/mol. The zero-order valence-corrected chi connectivity index (χ0v) is 21.8. The van der Waals surface area contributed by atoms with Crippen LogP contribution in [-0.4, -0.2) is 24.7 Å². The number of carbonyl (C=O) groups is 2. The van der Waals surface area contributed by atoms with E-state index in [0.29, 0.717) is 17.1 Å². The Hall–Kier alpha value is -3.93. The smallest absolute Gasteiger partial charge is 0.343 e. The number of benzene rings is 3. The second kappa shape index (κ2) is 11.2. The molecular formula is C30H34N2O4. The van der Waals surface area contributed by atoms with Gasteiger partial charge in [0.25, 0.3) is 5.91 Å². The normalized spacial score (nSPS) is 11.8. The van der Waals surface area contributed by atoms with Crippen LogP contribution < -0.4 is 14.9 Å². The summed E-state index contributed by atoms with van der Waals surface area (Å²) < 4.78 is 11.0. The molecule has 0 saturated heterocycles. The molecule has 0 spiro atoms. The highest BCUT2D eigenvalue weighted by atomic mass is 16.5. The maximum atomic E-state index is 12.4. The molecule has 1 amide bonds. The van der Waals surface area contributed by atoms with Crippen molar-refractivity contribution in [1.82, 2.24) is 5.43 Å². The average molecular weight is 487 g/mol. The van der Waals surface area contributed by atoms with Gasteiger partial charge in [-0.05, 0) is 76.1 Å². The fraction of sp³-hybridized carbons (Fsp3) is 0.300. The lowest BCUT2D eigenvalue weighted by Crippen LogP contribution is -2.24. The third-order valence-electron chi connectivity index (χ3n) is 5.57. The highest BCUT2D eigenvalue weighted by molar-refractivity contribution is 5.91. The van der Waals surface area contributed by atoms with Crippen molar-refractivity contribution in [2.24, 2.45) is 5.10 Å². The molecule has 6 heteroatoms. The molecule has 0 fully saturated rings. The molecule has 0 aliphatic carbocycles. The lowest BCUT2D eigenvalue weighted by atomic mass is 9.87. The van der Waals surface area contributed by atoms with Crippen LogP contribution in [0.25, 0.3) is 0 Å². The lowest BCUT2D eigenvalue weighted by Gasteiger charge is -2.19. The summed E-state index contributed by atoms with van der Waals surface area (Å²) in [6, 6.07) is 22.0. The van der Waals surface area contributed by atoms with Gasteiger partial charge in [0.15, 0.2) is 6.61 Å². The van der Waals surface area contributed by atoms with E-state index >= 15 is 0 Å². The first kappa shape index (κ1) is 26.7. The predicted molar refractivity (Wildman–Crippen MR) is 143 cm³/mol. The average Bonchev–Trinajstić information content (AvgIpc) is 2.83. The molecule has 0 unspecified atom stereocenters. The second-order valence-electron chi connectivity index (χ2n) is 10.6. The van der Waals surface area contributed by atoms with Gasteiger partial charge in [0.05, 0.1) is 11.8 Å². The van der Waals surface area contributed by atoms with Gasteiger partial charge in [0.1, 0.15) is 11.5 Å². The third-order valence-corrected chi connectivity index (χ3v) is 5.57. The molecule has 36 heavy (non-hydrogen) atoms. The molecule has 3 rings (SSSR count). The van der Waals surface area contributed by atoms with Gasteiger partial charge >= 0.3 is 5.97 Å². The topological polar surface area (TPSA) is 77.0 Å². The molecule has 0 saturated carbocycles. The summed E-state index contributed by atoms with van der Waals surface area (Å²) in [6.45, 7) is 12.6. The quantitative estimate of drug-likeness (QED) is 0.191. The molecule has 0 heterocycles. The number of nitrogens with one attached hydrogen (secondary N) is 1. The Bertz CT molecular complexity index is 1200. The molecule has 6 nitrogen and oxygen atoms in total. The van der Waals surface area contributed by atoms with Gasteiger partial charge in [-0.2, -0.15) is 5.10 Å². The number of ether oxygens (including phenoxy) is 2. The largest absolute Gasteiger partial charge is 0.484 e. The Morgan fingerprint density at radius 2 is 1.25 bits per heavy atom. The van der Waals surface area contributed by atoms with Crippen LogP contribution in [-0.2, 0) is 15.6 Å². The number of hydrogen-bond acceptors (Lipinski definition) is 5. The minimum atomic E-state index is -0.419. The number of amides is 1. The van der Waals surface area contributed by atoms with Crippen LogP contribution in [0.2, 0.25) is 0 Å². The van der Waals surface area contributed by atoms with Gasteiger partial charge in [-0.25, -0.2) is 10.2 Å². The first-order valence-electron chi connectivity index (χ1n) is 11.9. The Kier molecular flexibility index (Phi) is 8.30. The van der Waals surface area contributed by atoms with Crippen LogP contribution in [0.4, 0.5) is 0 Å². The van der Waals surface area contributed by atoms with E-state index in [1.807, 2.05) is 36.4 Å². The summed E-state index contributed by atoms with van der Waals surface area (Å²) in [5, 5.41) is 3.95. The number of nitrogens with zero attached hydrogens (tertiary/aromatic N) is 1. The van der Waals surface area contributed by atoms with E-state index in [1.165, 1.54) is 11.8 Å². The van der Waals surface area contributed by atoms with Crippen LogP contribution in [0.1, 0.15) is 68.6 Å². The van der Waals surface area contributed by atoms with Crippen molar-refractivity contribution < 1.29 is 19.1 Å². The minimum absolute atomic E-state index is 0.0185. The summed E-state index contributed by atoms with van der Waals surface area (Å²) in [5.41, 5.74) is 6.09. The van der Waals surface area contributed by atoms with E-state index in [1.54, 1.807) is 36.4 Å². The summed E-state index contributed by atoms with van der Waals surface area (Å²) in [4.78, 5) is 24.4. The molecule has 3 aromatic carbocycles. The molecule has 3 aromatic rings. The molecule has 188 valence electrons. The number of hydrogen-bond donors (Lipinski definition) is 1. The summed E-state index contributed by atoms with van der Waals surface area (Å²) >= 11 is 0. The Balaban J connectivity index is 1.45. The number of hydrazone groups is 1. The maximum absolute atomic E-state index is 12.4. The van der Waals surface area contributed by atoms with E-state index in [4.69, 9.17) is 9.47 Å². The second-order valence-corrected chi connectivity index (χ2v) is 10.6. The molecule has 0 radical (unpaired) electrons. The first-order valence-corrected chi connectivity index (χ1v) is 11.9. The zero-order valence-electron chi connectivity index (χ0n) is 21.8. The van der Waals surface area contributed by atoms with Crippen LogP contribution in [0, 0.1) is 0 Å².